The number of piperidine rings is 1. The van der Waals surface area contributed by atoms with Gasteiger partial charge in [0.1, 0.15) is 11.5 Å². The quantitative estimate of drug-likeness (QED) is 0.447. The molecule has 0 atom stereocenters. The first-order valence-electron chi connectivity index (χ1n) is 8.33. The highest BCUT2D eigenvalue weighted by atomic mass is 16.1. The van der Waals surface area contributed by atoms with E-state index in [4.69, 9.17) is 5.84 Å². The zero-order valence-electron chi connectivity index (χ0n) is 14.2. The molecule has 3 rings (SSSR count). The number of hydrazone groups is 1. The third kappa shape index (κ3) is 4.00. The van der Waals surface area contributed by atoms with Crippen molar-refractivity contribution >= 4 is 34.4 Å². The molecule has 4 N–H and O–H groups in total. The molecule has 1 amide bonds. The third-order valence-electron chi connectivity index (χ3n) is 4.37. The summed E-state index contributed by atoms with van der Waals surface area (Å²) in [4.78, 5) is 20.7. The predicted octanol–water partition coefficient (Wildman–Crippen LogP) is 1.54. The molecule has 0 aliphatic carbocycles. The van der Waals surface area contributed by atoms with Crippen molar-refractivity contribution in [1.29, 1.82) is 0 Å². The summed E-state index contributed by atoms with van der Waals surface area (Å²) in [6, 6.07) is 7.70. The molecule has 1 aliphatic heterocycles. The Hall–Kier alpha value is -2.80. The van der Waals surface area contributed by atoms with Gasteiger partial charge in [0.25, 0.3) is 0 Å². The van der Waals surface area contributed by atoms with Crippen LogP contribution in [-0.2, 0) is 4.79 Å². The number of carbonyl (C=O) groups excluding carboxylic acids is 1. The van der Waals surface area contributed by atoms with E-state index in [1.165, 1.54) is 0 Å². The molecule has 2 aromatic rings. The molecule has 130 valence electrons. The smallest absolute Gasteiger partial charge is 0.228 e. The van der Waals surface area contributed by atoms with Crippen LogP contribution in [0, 0.1) is 5.92 Å². The molecule has 0 radical (unpaired) electrons. The number of carbonyl (C=O) groups is 1. The molecule has 25 heavy (non-hydrogen) atoms. The molecule has 1 aromatic carbocycles. The van der Waals surface area contributed by atoms with Gasteiger partial charge < -0.3 is 16.5 Å². The Bertz CT molecular complexity index is 823. The van der Waals surface area contributed by atoms with Crippen LogP contribution in [0.5, 0.6) is 0 Å². The summed E-state index contributed by atoms with van der Waals surface area (Å²) in [7, 11) is 1.67. The van der Waals surface area contributed by atoms with Crippen molar-refractivity contribution in [2.45, 2.75) is 12.8 Å². The van der Waals surface area contributed by atoms with Gasteiger partial charge in [-0.1, -0.05) is 12.1 Å². The average Bonchev–Trinajstić information content (AvgIpc) is 2.66. The molecule has 1 saturated heterocycles. The number of rotatable bonds is 4. The number of anilines is 1. The number of nitrogens with one attached hydrogen (secondary N) is 2. The van der Waals surface area contributed by atoms with Crippen LogP contribution < -0.4 is 16.5 Å². The molecule has 1 aromatic heterocycles. The highest BCUT2D eigenvalue weighted by molar-refractivity contribution is 6.38. The SMILES string of the molecule is CN=CC(=NN)c1ccc2cnc(NC(=O)C3CCNCC3)cc2c1. The van der Waals surface area contributed by atoms with E-state index in [2.05, 4.69) is 25.7 Å². The Morgan fingerprint density at radius 3 is 2.84 bits per heavy atom. The maximum atomic E-state index is 12.4. The van der Waals surface area contributed by atoms with Crippen molar-refractivity contribution in [3.05, 3.63) is 36.0 Å². The highest BCUT2D eigenvalue weighted by Crippen LogP contribution is 2.20. The van der Waals surface area contributed by atoms with Gasteiger partial charge in [-0.2, -0.15) is 5.10 Å². The lowest BCUT2D eigenvalue weighted by Gasteiger charge is -2.21. The molecule has 0 bridgehead atoms. The summed E-state index contributed by atoms with van der Waals surface area (Å²) in [6.45, 7) is 1.76. The molecule has 0 spiro atoms. The second-order valence-electron chi connectivity index (χ2n) is 6.05. The standard InChI is InChI=1S/C18H22N6O/c1-20-11-16(24-19)13-2-3-14-10-22-17(9-15(14)8-13)23-18(25)12-4-6-21-7-5-12/h2-3,8-12,21H,4-7,19H2,1H3,(H,22,23,25). The maximum Gasteiger partial charge on any atom is 0.228 e. The Morgan fingerprint density at radius 2 is 2.12 bits per heavy atom. The van der Waals surface area contributed by atoms with Gasteiger partial charge in [0.05, 0.1) is 0 Å². The number of nitrogens with two attached hydrogens (primary N) is 1. The maximum absolute atomic E-state index is 12.4. The van der Waals surface area contributed by atoms with E-state index in [0.717, 1.165) is 42.3 Å². The molecular weight excluding hydrogens is 316 g/mol. The largest absolute Gasteiger partial charge is 0.323 e. The number of aromatic nitrogens is 1. The molecular formula is C18H22N6O. The van der Waals surface area contributed by atoms with Gasteiger partial charge in [0.2, 0.25) is 5.91 Å². The third-order valence-corrected chi connectivity index (χ3v) is 4.37. The number of amides is 1. The first-order valence-corrected chi connectivity index (χ1v) is 8.33. The monoisotopic (exact) mass is 338 g/mol. The molecule has 0 unspecified atom stereocenters. The molecule has 1 fully saturated rings. The Morgan fingerprint density at radius 1 is 1.32 bits per heavy atom. The van der Waals surface area contributed by atoms with Gasteiger partial charge in [-0.15, -0.1) is 0 Å². The second-order valence-corrected chi connectivity index (χ2v) is 6.05. The van der Waals surface area contributed by atoms with Gasteiger partial charge in [-0.05, 0) is 43.5 Å². The van der Waals surface area contributed by atoms with E-state index in [1.807, 2.05) is 24.3 Å². The van der Waals surface area contributed by atoms with E-state index in [9.17, 15) is 4.79 Å². The normalized spacial score (nSPS) is 16.4. The number of nitrogens with zero attached hydrogens (tertiary/aromatic N) is 3. The van der Waals surface area contributed by atoms with Crippen molar-refractivity contribution in [2.24, 2.45) is 21.9 Å². The summed E-state index contributed by atoms with van der Waals surface area (Å²) in [6.07, 6.45) is 5.08. The first-order chi connectivity index (χ1) is 12.2. The van der Waals surface area contributed by atoms with Gasteiger partial charge in [-0.25, -0.2) is 4.98 Å². The fourth-order valence-corrected chi connectivity index (χ4v) is 2.99. The fourth-order valence-electron chi connectivity index (χ4n) is 2.99. The van der Waals surface area contributed by atoms with Gasteiger partial charge >= 0.3 is 0 Å². The van der Waals surface area contributed by atoms with E-state index in [1.54, 1.807) is 19.5 Å². The highest BCUT2D eigenvalue weighted by Gasteiger charge is 2.21. The summed E-state index contributed by atoms with van der Waals surface area (Å²) in [5.74, 6) is 6.07. The molecule has 2 heterocycles. The van der Waals surface area contributed by atoms with E-state index >= 15 is 0 Å². The van der Waals surface area contributed by atoms with Crippen molar-refractivity contribution in [1.82, 2.24) is 10.3 Å². The summed E-state index contributed by atoms with van der Waals surface area (Å²) in [5.41, 5.74) is 1.46. The van der Waals surface area contributed by atoms with E-state index < -0.39 is 0 Å². The van der Waals surface area contributed by atoms with Crippen molar-refractivity contribution in [3.8, 4) is 0 Å². The van der Waals surface area contributed by atoms with E-state index in [-0.39, 0.29) is 11.8 Å². The summed E-state index contributed by atoms with van der Waals surface area (Å²) < 4.78 is 0. The van der Waals surface area contributed by atoms with Crippen molar-refractivity contribution in [3.63, 3.8) is 0 Å². The minimum absolute atomic E-state index is 0.0341. The molecule has 7 heteroatoms. The number of hydrogen-bond donors (Lipinski definition) is 3. The van der Waals surface area contributed by atoms with Crippen LogP contribution in [-0.4, -0.2) is 43.0 Å². The van der Waals surface area contributed by atoms with Gasteiger partial charge in [-0.3, -0.25) is 9.79 Å². The summed E-state index contributed by atoms with van der Waals surface area (Å²) in [5, 5.41) is 11.9. The Kier molecular flexibility index (Phi) is 5.35. The number of fused-ring (bicyclic) bond motifs is 1. The van der Waals surface area contributed by atoms with Crippen LogP contribution in [0.15, 0.2) is 40.6 Å². The van der Waals surface area contributed by atoms with Crippen molar-refractivity contribution in [2.75, 3.05) is 25.5 Å². The minimum Gasteiger partial charge on any atom is -0.323 e. The number of pyridine rings is 1. The van der Waals surface area contributed by atoms with Gasteiger partial charge in [0, 0.05) is 36.3 Å². The number of benzene rings is 1. The van der Waals surface area contributed by atoms with Crippen LogP contribution in [0.3, 0.4) is 0 Å². The fraction of sp³-hybridized carbons (Fsp3) is 0.333. The molecule has 0 saturated carbocycles. The van der Waals surface area contributed by atoms with Crippen LogP contribution in [0.1, 0.15) is 18.4 Å². The zero-order valence-corrected chi connectivity index (χ0v) is 14.2. The van der Waals surface area contributed by atoms with Gasteiger partial charge in [0.15, 0.2) is 0 Å². The number of hydrogen-bond acceptors (Lipinski definition) is 6. The zero-order chi connectivity index (χ0) is 17.6. The van der Waals surface area contributed by atoms with Crippen LogP contribution >= 0.6 is 0 Å². The first kappa shape index (κ1) is 17.0. The molecule has 1 aliphatic rings. The second kappa shape index (κ2) is 7.85. The minimum atomic E-state index is 0.0341. The van der Waals surface area contributed by atoms with Crippen LogP contribution in [0.2, 0.25) is 0 Å². The van der Waals surface area contributed by atoms with Crippen LogP contribution in [0.4, 0.5) is 5.82 Å². The van der Waals surface area contributed by atoms with E-state index in [0.29, 0.717) is 11.5 Å². The lowest BCUT2D eigenvalue weighted by molar-refractivity contribution is -0.120. The topological polar surface area (TPSA) is 105 Å². The average molecular weight is 338 g/mol. The summed E-state index contributed by atoms with van der Waals surface area (Å²) >= 11 is 0. The lowest BCUT2D eigenvalue weighted by Crippen LogP contribution is -2.34. The van der Waals surface area contributed by atoms with Crippen molar-refractivity contribution < 1.29 is 4.79 Å². The molecule has 7 nitrogen and oxygen atoms in total. The predicted molar refractivity (Wildman–Crippen MR) is 101 cm³/mol. The number of aliphatic imine (C=N–C) groups is 1. The Labute approximate surface area is 146 Å². The lowest BCUT2D eigenvalue weighted by atomic mass is 9.97. The van der Waals surface area contributed by atoms with Crippen LogP contribution in [0.25, 0.3) is 10.8 Å². The Balaban J connectivity index is 1.84.